The second-order valence-electron chi connectivity index (χ2n) is 5.66. The van der Waals surface area contributed by atoms with Crippen molar-refractivity contribution in [3.8, 4) is 5.75 Å². The van der Waals surface area contributed by atoms with Gasteiger partial charge in [-0.2, -0.15) is 0 Å². The number of carbonyl (C=O) groups is 1. The lowest BCUT2D eigenvalue weighted by Crippen LogP contribution is -2.49. The normalized spacial score (nSPS) is 21.2. The molecule has 1 heterocycles. The minimum Gasteiger partial charge on any atom is -0.496 e. The molecule has 1 aliphatic carbocycles. The maximum Gasteiger partial charge on any atom is 0.173 e. The minimum absolute atomic E-state index is 0.185. The quantitative estimate of drug-likeness (QED) is 0.791. The molecule has 0 aromatic heterocycles. The topological polar surface area (TPSA) is 41.6 Å². The van der Waals surface area contributed by atoms with Gasteiger partial charge in [0.2, 0.25) is 0 Å². The molecule has 0 radical (unpaired) electrons. The lowest BCUT2D eigenvalue weighted by atomic mass is 9.85. The van der Waals surface area contributed by atoms with Crippen LogP contribution in [0.2, 0.25) is 0 Å². The van der Waals surface area contributed by atoms with Crippen LogP contribution < -0.4 is 10.1 Å². The van der Waals surface area contributed by atoms with Crippen molar-refractivity contribution in [3.63, 3.8) is 0 Å². The van der Waals surface area contributed by atoms with Gasteiger partial charge < -0.3 is 15.0 Å². The van der Waals surface area contributed by atoms with E-state index in [2.05, 4.69) is 33.1 Å². The van der Waals surface area contributed by atoms with Crippen LogP contribution in [0.15, 0.2) is 33.9 Å². The molecule has 1 aromatic carbocycles. The van der Waals surface area contributed by atoms with E-state index in [9.17, 15) is 4.79 Å². The summed E-state index contributed by atoms with van der Waals surface area (Å²) in [4.78, 5) is 14.6. The van der Waals surface area contributed by atoms with Crippen molar-refractivity contribution in [1.82, 2.24) is 10.2 Å². The zero-order valence-electron chi connectivity index (χ0n) is 13.2. The molecule has 1 aliphatic heterocycles. The van der Waals surface area contributed by atoms with Gasteiger partial charge in [0.25, 0.3) is 0 Å². The number of benzene rings is 1. The molecule has 3 rings (SSSR count). The molecule has 1 N–H and O–H groups in total. The lowest BCUT2D eigenvalue weighted by Gasteiger charge is -2.40. The first kappa shape index (κ1) is 16.5. The molecule has 0 spiro atoms. The highest BCUT2D eigenvalue weighted by atomic mass is 79.9. The Labute approximate surface area is 150 Å². The zero-order chi connectivity index (χ0) is 16.6. The molecule has 4 nitrogen and oxygen atoms in total. The molecule has 0 saturated carbocycles. The predicted octanol–water partition coefficient (Wildman–Crippen LogP) is 3.72. The van der Waals surface area contributed by atoms with Crippen molar-refractivity contribution >= 4 is 39.0 Å². The van der Waals surface area contributed by atoms with Gasteiger partial charge in [-0.05, 0) is 65.6 Å². The van der Waals surface area contributed by atoms with E-state index in [4.69, 9.17) is 17.0 Å². The summed E-state index contributed by atoms with van der Waals surface area (Å²) in [5.41, 5.74) is 2.96. The zero-order valence-corrected chi connectivity index (χ0v) is 15.6. The maximum absolute atomic E-state index is 12.6. The van der Waals surface area contributed by atoms with Gasteiger partial charge in [0.15, 0.2) is 10.9 Å². The van der Waals surface area contributed by atoms with Gasteiger partial charge >= 0.3 is 0 Å². The SMILES string of the molecule is CCN1C(=S)NC(c2ccc(OC)c(Br)c2)C2=C1CCCC2=O. The predicted molar refractivity (Wildman–Crippen MR) is 97.4 cm³/mol. The number of carbonyl (C=O) groups excluding carboxylic acids is 1. The summed E-state index contributed by atoms with van der Waals surface area (Å²) in [5.74, 6) is 0.989. The van der Waals surface area contributed by atoms with Gasteiger partial charge in [0, 0.05) is 24.2 Å². The molecule has 0 saturated heterocycles. The molecule has 1 unspecified atom stereocenters. The first-order valence-electron chi connectivity index (χ1n) is 7.74. The van der Waals surface area contributed by atoms with E-state index in [1.54, 1.807) is 7.11 Å². The smallest absolute Gasteiger partial charge is 0.173 e. The standard InChI is InChI=1S/C17H19BrN2O2S/c1-3-20-12-5-4-6-13(21)15(12)16(19-17(20)23)10-7-8-14(22-2)11(18)9-10/h7-9,16H,3-6H2,1-2H3,(H,19,23). The van der Waals surface area contributed by atoms with E-state index < -0.39 is 0 Å². The van der Waals surface area contributed by atoms with Gasteiger partial charge in [-0.25, -0.2) is 0 Å². The molecule has 1 aromatic rings. The summed E-state index contributed by atoms with van der Waals surface area (Å²) < 4.78 is 6.16. The lowest BCUT2D eigenvalue weighted by molar-refractivity contribution is -0.116. The number of hydrogen-bond donors (Lipinski definition) is 1. The Kier molecular flexibility index (Phi) is 4.73. The van der Waals surface area contributed by atoms with Gasteiger partial charge in [-0.15, -0.1) is 0 Å². The van der Waals surface area contributed by atoms with Crippen LogP contribution in [0.4, 0.5) is 0 Å². The summed E-state index contributed by atoms with van der Waals surface area (Å²) in [6, 6.07) is 5.70. The number of methoxy groups -OCH3 is 1. The average Bonchev–Trinajstić information content (AvgIpc) is 2.54. The Morgan fingerprint density at radius 1 is 1.43 bits per heavy atom. The van der Waals surface area contributed by atoms with Crippen molar-refractivity contribution < 1.29 is 9.53 Å². The number of rotatable bonds is 3. The molecule has 0 fully saturated rings. The molecule has 1 atom stereocenters. The van der Waals surface area contributed by atoms with Crippen LogP contribution in [-0.2, 0) is 4.79 Å². The highest BCUT2D eigenvalue weighted by molar-refractivity contribution is 9.10. The number of ether oxygens (including phenoxy) is 1. The minimum atomic E-state index is -0.185. The Bertz CT molecular complexity index is 702. The van der Waals surface area contributed by atoms with Gasteiger partial charge in [-0.3, -0.25) is 4.79 Å². The van der Waals surface area contributed by atoms with Gasteiger partial charge in [-0.1, -0.05) is 6.07 Å². The molecule has 23 heavy (non-hydrogen) atoms. The Morgan fingerprint density at radius 2 is 2.22 bits per heavy atom. The fourth-order valence-corrected chi connectivity index (χ4v) is 4.21. The maximum atomic E-state index is 12.6. The monoisotopic (exact) mass is 394 g/mol. The van der Waals surface area contributed by atoms with Crippen LogP contribution in [-0.4, -0.2) is 29.5 Å². The van der Waals surface area contributed by atoms with Crippen LogP contribution in [0.3, 0.4) is 0 Å². The fourth-order valence-electron chi connectivity index (χ4n) is 3.30. The van der Waals surface area contributed by atoms with Crippen molar-refractivity contribution in [2.24, 2.45) is 0 Å². The molecular formula is C17H19BrN2O2S. The summed E-state index contributed by atoms with van der Waals surface area (Å²) in [7, 11) is 1.64. The highest BCUT2D eigenvalue weighted by Gasteiger charge is 2.36. The molecule has 0 bridgehead atoms. The average molecular weight is 395 g/mol. The van der Waals surface area contributed by atoms with Crippen LogP contribution in [0.5, 0.6) is 5.75 Å². The molecule has 6 heteroatoms. The van der Waals surface area contributed by atoms with Crippen LogP contribution in [0, 0.1) is 0 Å². The van der Waals surface area contributed by atoms with E-state index in [1.165, 1.54) is 0 Å². The molecule has 0 amide bonds. The number of ketones is 1. The third-order valence-corrected chi connectivity index (χ3v) is 5.34. The highest BCUT2D eigenvalue weighted by Crippen LogP contribution is 2.38. The third-order valence-electron chi connectivity index (χ3n) is 4.38. The van der Waals surface area contributed by atoms with E-state index in [0.717, 1.165) is 46.4 Å². The molecular weight excluding hydrogens is 376 g/mol. The number of Topliss-reactive ketones (excluding diaryl/α,β-unsaturated/α-hetero) is 1. The van der Waals surface area contributed by atoms with Crippen molar-refractivity contribution in [2.45, 2.75) is 32.2 Å². The van der Waals surface area contributed by atoms with E-state index in [1.807, 2.05) is 18.2 Å². The van der Waals surface area contributed by atoms with Gasteiger partial charge in [0.1, 0.15) is 5.75 Å². The summed E-state index contributed by atoms with van der Waals surface area (Å²) in [5, 5.41) is 4.04. The number of allylic oxidation sites excluding steroid dienone is 1. The van der Waals surface area contributed by atoms with Crippen molar-refractivity contribution in [1.29, 1.82) is 0 Å². The summed E-state index contributed by atoms with van der Waals surface area (Å²) in [6.45, 7) is 2.83. The van der Waals surface area contributed by atoms with Crippen LogP contribution in [0.1, 0.15) is 37.8 Å². The second kappa shape index (κ2) is 6.61. The van der Waals surface area contributed by atoms with Gasteiger partial charge in [0.05, 0.1) is 17.6 Å². The van der Waals surface area contributed by atoms with E-state index in [-0.39, 0.29) is 11.8 Å². The summed E-state index contributed by atoms with van der Waals surface area (Å²) in [6.07, 6.45) is 2.42. The van der Waals surface area contributed by atoms with Crippen molar-refractivity contribution in [3.05, 3.63) is 39.5 Å². The number of nitrogens with one attached hydrogen (secondary N) is 1. The summed E-state index contributed by atoms with van der Waals surface area (Å²) >= 11 is 9.05. The first-order valence-corrected chi connectivity index (χ1v) is 8.94. The molecule has 122 valence electrons. The van der Waals surface area contributed by atoms with E-state index in [0.29, 0.717) is 11.5 Å². The Hall–Kier alpha value is -1.40. The molecule has 2 aliphatic rings. The van der Waals surface area contributed by atoms with Crippen LogP contribution in [0.25, 0.3) is 0 Å². The largest absolute Gasteiger partial charge is 0.496 e. The number of halogens is 1. The Morgan fingerprint density at radius 3 is 2.87 bits per heavy atom. The van der Waals surface area contributed by atoms with Crippen molar-refractivity contribution in [2.75, 3.05) is 13.7 Å². The number of thiocarbonyl (C=S) groups is 1. The van der Waals surface area contributed by atoms with Crippen LogP contribution >= 0.6 is 28.1 Å². The fraction of sp³-hybridized carbons (Fsp3) is 0.412. The first-order chi connectivity index (χ1) is 11.1. The second-order valence-corrected chi connectivity index (χ2v) is 6.90. The van der Waals surface area contributed by atoms with E-state index >= 15 is 0 Å². The Balaban J connectivity index is 2.09. The third kappa shape index (κ3) is 2.90. The number of nitrogens with zero attached hydrogens (tertiary/aromatic N) is 1. The number of hydrogen-bond acceptors (Lipinski definition) is 3.